The smallest absolute Gasteiger partial charge is 0.229 e. The maximum atomic E-state index is 5.49. The molecular formula is C13H18N6O2. The number of rotatable bonds is 4. The average molecular weight is 290 g/mol. The lowest BCUT2D eigenvalue weighted by Crippen LogP contribution is -2.27. The molecule has 0 amide bonds. The van der Waals surface area contributed by atoms with Gasteiger partial charge in [-0.05, 0) is 6.92 Å². The quantitative estimate of drug-likeness (QED) is 0.894. The highest BCUT2D eigenvalue weighted by molar-refractivity contribution is 5.39. The summed E-state index contributed by atoms with van der Waals surface area (Å²) in [6.45, 7) is 2.62. The van der Waals surface area contributed by atoms with Crippen LogP contribution in [0.15, 0.2) is 12.4 Å². The molecular weight excluding hydrogens is 272 g/mol. The Bertz CT molecular complexity index is 603. The van der Waals surface area contributed by atoms with E-state index in [1.165, 1.54) is 6.33 Å². The second-order valence-electron chi connectivity index (χ2n) is 4.98. The predicted molar refractivity (Wildman–Crippen MR) is 75.2 cm³/mol. The molecule has 0 spiro atoms. The molecule has 2 aromatic rings. The number of hydrogen-bond acceptors (Lipinski definition) is 7. The largest absolute Gasteiger partial charge is 0.481 e. The highest BCUT2D eigenvalue weighted by atomic mass is 16.5. The van der Waals surface area contributed by atoms with E-state index in [9.17, 15) is 0 Å². The molecule has 112 valence electrons. The van der Waals surface area contributed by atoms with E-state index in [-0.39, 0.29) is 12.1 Å². The third-order valence-electron chi connectivity index (χ3n) is 3.63. The number of nitrogens with one attached hydrogen (secondary N) is 1. The van der Waals surface area contributed by atoms with Crippen LogP contribution in [0.3, 0.4) is 0 Å². The first-order chi connectivity index (χ1) is 10.2. The first-order valence-corrected chi connectivity index (χ1v) is 6.75. The highest BCUT2D eigenvalue weighted by Gasteiger charge is 2.36. The van der Waals surface area contributed by atoms with E-state index in [0.29, 0.717) is 18.4 Å². The van der Waals surface area contributed by atoms with E-state index < -0.39 is 0 Å². The lowest BCUT2D eigenvalue weighted by molar-refractivity contribution is 0.118. The van der Waals surface area contributed by atoms with Crippen molar-refractivity contribution in [1.82, 2.24) is 25.1 Å². The summed E-state index contributed by atoms with van der Waals surface area (Å²) in [5.41, 5.74) is 0.856. The fourth-order valence-corrected chi connectivity index (χ4v) is 2.58. The van der Waals surface area contributed by atoms with Crippen LogP contribution in [-0.2, 0) is 4.74 Å². The molecule has 0 aromatic carbocycles. The van der Waals surface area contributed by atoms with Gasteiger partial charge in [-0.1, -0.05) is 0 Å². The lowest BCUT2D eigenvalue weighted by atomic mass is 10.2. The number of anilines is 1. The van der Waals surface area contributed by atoms with Crippen LogP contribution in [0.2, 0.25) is 0 Å². The molecule has 0 saturated carbocycles. The third kappa shape index (κ3) is 2.66. The summed E-state index contributed by atoms with van der Waals surface area (Å²) in [6, 6.07) is 1.82. The summed E-state index contributed by atoms with van der Waals surface area (Å²) in [5, 5.41) is 6.85. The van der Waals surface area contributed by atoms with Gasteiger partial charge in [0, 0.05) is 31.8 Å². The second kappa shape index (κ2) is 5.65. The summed E-state index contributed by atoms with van der Waals surface area (Å²) >= 11 is 0. The lowest BCUT2D eigenvalue weighted by Gasteiger charge is -2.23. The van der Waals surface area contributed by atoms with Crippen LogP contribution in [0.5, 0.6) is 5.88 Å². The van der Waals surface area contributed by atoms with E-state index in [1.54, 1.807) is 20.3 Å². The minimum absolute atomic E-state index is 0.0176. The number of methoxy groups -OCH3 is 2. The van der Waals surface area contributed by atoms with Gasteiger partial charge in [0.2, 0.25) is 11.8 Å². The summed E-state index contributed by atoms with van der Waals surface area (Å²) in [7, 11) is 3.31. The Labute approximate surface area is 122 Å². The molecule has 8 heteroatoms. The molecule has 0 aliphatic carbocycles. The Morgan fingerprint density at radius 1 is 1.33 bits per heavy atom. The van der Waals surface area contributed by atoms with Gasteiger partial charge in [0.05, 0.1) is 19.3 Å². The first-order valence-electron chi connectivity index (χ1n) is 6.75. The van der Waals surface area contributed by atoms with Crippen molar-refractivity contribution in [3.05, 3.63) is 23.9 Å². The van der Waals surface area contributed by atoms with Crippen molar-refractivity contribution in [2.45, 2.75) is 25.5 Å². The maximum Gasteiger partial charge on any atom is 0.229 e. The molecule has 1 aliphatic rings. The molecule has 1 saturated heterocycles. The van der Waals surface area contributed by atoms with Crippen LogP contribution >= 0.6 is 0 Å². The van der Waals surface area contributed by atoms with Crippen molar-refractivity contribution in [1.29, 1.82) is 0 Å². The molecule has 21 heavy (non-hydrogen) atoms. The Kier molecular flexibility index (Phi) is 3.70. The van der Waals surface area contributed by atoms with Crippen LogP contribution in [0.25, 0.3) is 0 Å². The van der Waals surface area contributed by atoms with E-state index >= 15 is 0 Å². The van der Waals surface area contributed by atoms with Gasteiger partial charge >= 0.3 is 0 Å². The number of ether oxygens (including phenoxy) is 2. The van der Waals surface area contributed by atoms with Crippen molar-refractivity contribution in [3.63, 3.8) is 0 Å². The Balaban J connectivity index is 1.96. The average Bonchev–Trinajstić information content (AvgIpc) is 3.15. The van der Waals surface area contributed by atoms with E-state index in [2.05, 4.69) is 30.0 Å². The molecule has 1 fully saturated rings. The standard InChI is InChI=1S/C13H18N6O2/c1-8-4-11(21-3)17-13(16-8)19-6-9(20-2)5-10(19)12-14-7-15-18-12/h4,7,9-10H,5-6H2,1-3H3,(H,14,15,18)/t9-,10+/m1/s1. The van der Waals surface area contributed by atoms with Crippen molar-refractivity contribution >= 4 is 5.95 Å². The Morgan fingerprint density at radius 2 is 2.19 bits per heavy atom. The summed E-state index contributed by atoms with van der Waals surface area (Å²) in [4.78, 5) is 15.3. The molecule has 0 radical (unpaired) electrons. The zero-order valence-corrected chi connectivity index (χ0v) is 12.3. The van der Waals surface area contributed by atoms with Crippen LogP contribution < -0.4 is 9.64 Å². The number of aromatic nitrogens is 5. The molecule has 3 rings (SSSR count). The minimum Gasteiger partial charge on any atom is -0.481 e. The van der Waals surface area contributed by atoms with Crippen molar-refractivity contribution in [3.8, 4) is 5.88 Å². The van der Waals surface area contributed by atoms with Gasteiger partial charge in [-0.25, -0.2) is 9.97 Å². The van der Waals surface area contributed by atoms with E-state index in [4.69, 9.17) is 9.47 Å². The number of H-pyrrole nitrogens is 1. The maximum absolute atomic E-state index is 5.49. The third-order valence-corrected chi connectivity index (χ3v) is 3.63. The van der Waals surface area contributed by atoms with Crippen LogP contribution in [-0.4, -0.2) is 52.0 Å². The summed E-state index contributed by atoms with van der Waals surface area (Å²) in [6.07, 6.45) is 2.42. The van der Waals surface area contributed by atoms with Gasteiger partial charge in [-0.3, -0.25) is 5.10 Å². The number of nitrogens with zero attached hydrogens (tertiary/aromatic N) is 5. The van der Waals surface area contributed by atoms with Crippen molar-refractivity contribution < 1.29 is 9.47 Å². The highest BCUT2D eigenvalue weighted by Crippen LogP contribution is 2.34. The zero-order valence-electron chi connectivity index (χ0n) is 12.3. The second-order valence-corrected chi connectivity index (χ2v) is 4.98. The van der Waals surface area contributed by atoms with Crippen molar-refractivity contribution in [2.24, 2.45) is 0 Å². The van der Waals surface area contributed by atoms with Crippen LogP contribution in [0, 0.1) is 6.92 Å². The van der Waals surface area contributed by atoms with Gasteiger partial charge in [0.1, 0.15) is 12.2 Å². The minimum atomic E-state index is 0.0176. The molecule has 0 bridgehead atoms. The van der Waals surface area contributed by atoms with Crippen LogP contribution in [0.4, 0.5) is 5.95 Å². The summed E-state index contributed by atoms with van der Waals surface area (Å²) in [5.74, 6) is 1.96. The van der Waals surface area contributed by atoms with Gasteiger partial charge < -0.3 is 14.4 Å². The number of aryl methyl sites for hydroxylation is 1. The van der Waals surface area contributed by atoms with E-state index in [0.717, 1.165) is 17.9 Å². The summed E-state index contributed by atoms with van der Waals surface area (Å²) < 4.78 is 10.7. The molecule has 0 unspecified atom stereocenters. The van der Waals surface area contributed by atoms with Gasteiger partial charge in [0.15, 0.2) is 0 Å². The zero-order chi connectivity index (χ0) is 14.8. The van der Waals surface area contributed by atoms with Crippen molar-refractivity contribution in [2.75, 3.05) is 25.7 Å². The number of aromatic amines is 1. The molecule has 1 aliphatic heterocycles. The molecule has 2 aromatic heterocycles. The fourth-order valence-electron chi connectivity index (χ4n) is 2.58. The fraction of sp³-hybridized carbons (Fsp3) is 0.538. The predicted octanol–water partition coefficient (Wildman–Crippen LogP) is 0.878. The van der Waals surface area contributed by atoms with Gasteiger partial charge in [0.25, 0.3) is 0 Å². The molecule has 1 N–H and O–H groups in total. The monoisotopic (exact) mass is 290 g/mol. The van der Waals surface area contributed by atoms with Gasteiger partial charge in [-0.2, -0.15) is 10.1 Å². The Morgan fingerprint density at radius 3 is 2.86 bits per heavy atom. The Hall–Kier alpha value is -2.22. The SMILES string of the molecule is COc1cc(C)nc(N2C[C@H](OC)C[C@H]2c2ncn[nH]2)n1. The normalized spacial score (nSPS) is 21.8. The van der Waals surface area contributed by atoms with Gasteiger partial charge in [-0.15, -0.1) is 0 Å². The van der Waals surface area contributed by atoms with E-state index in [1.807, 2.05) is 6.92 Å². The molecule has 8 nitrogen and oxygen atoms in total. The molecule has 2 atom stereocenters. The topological polar surface area (TPSA) is 89.0 Å². The van der Waals surface area contributed by atoms with Crippen LogP contribution in [0.1, 0.15) is 24.0 Å². The number of hydrogen-bond donors (Lipinski definition) is 1. The first kappa shape index (κ1) is 13.7. The molecule has 3 heterocycles.